The lowest BCUT2D eigenvalue weighted by atomic mass is 10.2. The molecule has 0 saturated heterocycles. The highest BCUT2D eigenvalue weighted by Gasteiger charge is 1.98. The number of rotatable bonds is 6. The molecular formula is C15H23N3O. The van der Waals surface area contributed by atoms with Gasteiger partial charge in [0.05, 0.1) is 7.11 Å². The number of allylic oxidation sites excluding steroid dienone is 1. The fourth-order valence-electron chi connectivity index (χ4n) is 1.63. The molecule has 0 aromatic heterocycles. The van der Waals surface area contributed by atoms with Gasteiger partial charge in [0.2, 0.25) is 0 Å². The van der Waals surface area contributed by atoms with Gasteiger partial charge in [-0.25, -0.2) is 0 Å². The third-order valence-electron chi connectivity index (χ3n) is 2.66. The largest absolute Gasteiger partial charge is 0.497 e. The monoisotopic (exact) mass is 261 g/mol. The van der Waals surface area contributed by atoms with Crippen molar-refractivity contribution in [3.63, 3.8) is 0 Å². The van der Waals surface area contributed by atoms with Crippen LogP contribution in [0.1, 0.15) is 18.9 Å². The Balaban J connectivity index is 2.40. The maximum atomic E-state index is 5.20. The van der Waals surface area contributed by atoms with E-state index < -0.39 is 0 Å². The van der Waals surface area contributed by atoms with E-state index in [-0.39, 0.29) is 0 Å². The molecule has 0 saturated carbocycles. The summed E-state index contributed by atoms with van der Waals surface area (Å²) in [6, 6.07) is 7.99. The summed E-state index contributed by atoms with van der Waals surface area (Å²) in [6.07, 6.45) is 5.17. The summed E-state index contributed by atoms with van der Waals surface area (Å²) in [4.78, 5) is 4.18. The Hall–Kier alpha value is -1.97. The number of hydrogen-bond acceptors (Lipinski definition) is 2. The first kappa shape index (κ1) is 15.1. The lowest BCUT2D eigenvalue weighted by Crippen LogP contribution is -2.37. The second-order valence-corrected chi connectivity index (χ2v) is 4.06. The Kier molecular flexibility index (Phi) is 7.17. The number of nitrogens with zero attached hydrogens (tertiary/aromatic N) is 1. The minimum atomic E-state index is 0.723. The maximum Gasteiger partial charge on any atom is 0.191 e. The van der Waals surface area contributed by atoms with Gasteiger partial charge in [-0.3, -0.25) is 4.99 Å². The average Bonchev–Trinajstić information content (AvgIpc) is 2.47. The Morgan fingerprint density at radius 3 is 2.89 bits per heavy atom. The van der Waals surface area contributed by atoms with Gasteiger partial charge in [0.25, 0.3) is 0 Å². The average molecular weight is 261 g/mol. The van der Waals surface area contributed by atoms with E-state index in [1.807, 2.05) is 31.2 Å². The van der Waals surface area contributed by atoms with Crippen molar-refractivity contribution in [1.82, 2.24) is 10.6 Å². The molecule has 0 aliphatic carbocycles. The van der Waals surface area contributed by atoms with Gasteiger partial charge in [0.1, 0.15) is 5.75 Å². The first-order chi connectivity index (χ1) is 9.30. The Labute approximate surface area is 115 Å². The van der Waals surface area contributed by atoms with Crippen molar-refractivity contribution in [2.75, 3.05) is 20.7 Å². The van der Waals surface area contributed by atoms with E-state index in [0.717, 1.165) is 36.8 Å². The van der Waals surface area contributed by atoms with E-state index in [1.54, 1.807) is 14.2 Å². The van der Waals surface area contributed by atoms with Crippen LogP contribution in [0.2, 0.25) is 0 Å². The van der Waals surface area contributed by atoms with Crippen molar-refractivity contribution in [1.29, 1.82) is 0 Å². The van der Waals surface area contributed by atoms with Crippen LogP contribution in [-0.2, 0) is 6.54 Å². The molecule has 1 rings (SSSR count). The predicted octanol–water partition coefficient (Wildman–Crippen LogP) is 2.33. The lowest BCUT2D eigenvalue weighted by Gasteiger charge is -2.11. The van der Waals surface area contributed by atoms with Crippen LogP contribution in [0.15, 0.2) is 41.4 Å². The Bertz CT molecular complexity index is 427. The number of aliphatic imine (C=N–C) groups is 1. The molecule has 0 aliphatic heterocycles. The number of ether oxygens (including phenoxy) is 1. The maximum absolute atomic E-state index is 5.20. The van der Waals surface area contributed by atoms with E-state index in [0.29, 0.717) is 0 Å². The standard InChI is InChI=1S/C15H23N3O/c1-4-5-6-10-17-15(16-2)18-12-13-8-7-9-14(11-13)19-3/h4-5,7-9,11H,6,10,12H2,1-3H3,(H2,16,17,18). The molecule has 1 aromatic carbocycles. The van der Waals surface area contributed by atoms with Crippen LogP contribution in [0.5, 0.6) is 5.75 Å². The lowest BCUT2D eigenvalue weighted by molar-refractivity contribution is 0.414. The minimum absolute atomic E-state index is 0.723. The topological polar surface area (TPSA) is 45.7 Å². The van der Waals surface area contributed by atoms with Crippen LogP contribution in [0.3, 0.4) is 0 Å². The van der Waals surface area contributed by atoms with Crippen molar-refractivity contribution >= 4 is 5.96 Å². The molecule has 2 N–H and O–H groups in total. The van der Waals surface area contributed by atoms with Crippen molar-refractivity contribution < 1.29 is 4.74 Å². The third-order valence-corrected chi connectivity index (χ3v) is 2.66. The molecule has 0 bridgehead atoms. The second kappa shape index (κ2) is 9.03. The molecule has 0 heterocycles. The highest BCUT2D eigenvalue weighted by Crippen LogP contribution is 2.11. The molecule has 4 heteroatoms. The van der Waals surface area contributed by atoms with Gasteiger partial charge < -0.3 is 15.4 Å². The summed E-state index contributed by atoms with van der Waals surface area (Å²) in [5.41, 5.74) is 1.16. The molecular weight excluding hydrogens is 238 g/mol. The van der Waals surface area contributed by atoms with E-state index >= 15 is 0 Å². The summed E-state index contributed by atoms with van der Waals surface area (Å²) in [5.74, 6) is 1.68. The highest BCUT2D eigenvalue weighted by atomic mass is 16.5. The van der Waals surface area contributed by atoms with Gasteiger partial charge in [-0.05, 0) is 31.0 Å². The van der Waals surface area contributed by atoms with E-state index in [4.69, 9.17) is 4.74 Å². The summed E-state index contributed by atoms with van der Waals surface area (Å²) < 4.78 is 5.20. The normalized spacial score (nSPS) is 11.6. The predicted molar refractivity (Wildman–Crippen MR) is 80.6 cm³/mol. The zero-order chi connectivity index (χ0) is 13.9. The molecule has 0 spiro atoms. The Morgan fingerprint density at radius 1 is 1.37 bits per heavy atom. The van der Waals surface area contributed by atoms with E-state index in [2.05, 4.69) is 27.8 Å². The van der Waals surface area contributed by atoms with E-state index in [9.17, 15) is 0 Å². The van der Waals surface area contributed by atoms with Gasteiger partial charge >= 0.3 is 0 Å². The van der Waals surface area contributed by atoms with Crippen LogP contribution in [0, 0.1) is 0 Å². The zero-order valence-electron chi connectivity index (χ0n) is 11.9. The van der Waals surface area contributed by atoms with Crippen molar-refractivity contribution in [3.05, 3.63) is 42.0 Å². The number of guanidine groups is 1. The number of nitrogens with one attached hydrogen (secondary N) is 2. The van der Waals surface area contributed by atoms with Crippen LogP contribution in [-0.4, -0.2) is 26.7 Å². The number of benzene rings is 1. The highest BCUT2D eigenvalue weighted by molar-refractivity contribution is 5.79. The Morgan fingerprint density at radius 2 is 2.21 bits per heavy atom. The number of hydrogen-bond donors (Lipinski definition) is 2. The van der Waals surface area contributed by atoms with Gasteiger partial charge in [0.15, 0.2) is 5.96 Å². The molecule has 0 amide bonds. The molecule has 0 unspecified atom stereocenters. The first-order valence-electron chi connectivity index (χ1n) is 6.48. The second-order valence-electron chi connectivity index (χ2n) is 4.06. The fraction of sp³-hybridized carbons (Fsp3) is 0.400. The van der Waals surface area contributed by atoms with Gasteiger partial charge in [-0.1, -0.05) is 24.3 Å². The molecule has 0 aliphatic rings. The van der Waals surface area contributed by atoms with Crippen LogP contribution in [0.4, 0.5) is 0 Å². The molecule has 4 nitrogen and oxygen atoms in total. The van der Waals surface area contributed by atoms with Crippen LogP contribution in [0.25, 0.3) is 0 Å². The molecule has 0 fully saturated rings. The van der Waals surface area contributed by atoms with Crippen LogP contribution >= 0.6 is 0 Å². The van der Waals surface area contributed by atoms with Crippen LogP contribution < -0.4 is 15.4 Å². The molecule has 0 radical (unpaired) electrons. The summed E-state index contributed by atoms with van der Waals surface area (Å²) >= 11 is 0. The van der Waals surface area contributed by atoms with Crippen molar-refractivity contribution in [3.8, 4) is 5.75 Å². The minimum Gasteiger partial charge on any atom is -0.497 e. The molecule has 0 atom stereocenters. The zero-order valence-corrected chi connectivity index (χ0v) is 11.9. The number of methoxy groups -OCH3 is 1. The third kappa shape index (κ3) is 5.95. The fourth-order valence-corrected chi connectivity index (χ4v) is 1.63. The van der Waals surface area contributed by atoms with Crippen molar-refractivity contribution in [2.24, 2.45) is 4.99 Å². The van der Waals surface area contributed by atoms with E-state index in [1.165, 1.54) is 0 Å². The SMILES string of the molecule is CC=CCCNC(=NC)NCc1cccc(OC)c1. The molecule has 1 aromatic rings. The quantitative estimate of drug-likeness (QED) is 0.357. The van der Waals surface area contributed by atoms with Gasteiger partial charge in [-0.2, -0.15) is 0 Å². The van der Waals surface area contributed by atoms with Crippen molar-refractivity contribution in [2.45, 2.75) is 19.9 Å². The first-order valence-corrected chi connectivity index (χ1v) is 6.48. The summed E-state index contributed by atoms with van der Waals surface area (Å²) in [6.45, 7) is 3.62. The molecule has 104 valence electrons. The summed E-state index contributed by atoms with van der Waals surface area (Å²) in [7, 11) is 3.45. The smallest absolute Gasteiger partial charge is 0.191 e. The summed E-state index contributed by atoms with van der Waals surface area (Å²) in [5, 5.41) is 6.53. The molecule has 19 heavy (non-hydrogen) atoms. The van der Waals surface area contributed by atoms with Gasteiger partial charge in [-0.15, -0.1) is 0 Å². The van der Waals surface area contributed by atoms with Gasteiger partial charge in [0, 0.05) is 20.1 Å².